The van der Waals surface area contributed by atoms with Gasteiger partial charge in [0.15, 0.2) is 5.78 Å². The Labute approximate surface area is 77.7 Å². The van der Waals surface area contributed by atoms with Crippen molar-refractivity contribution in [1.82, 2.24) is 0 Å². The first-order chi connectivity index (χ1) is 6.14. The Morgan fingerprint density at radius 1 is 1.69 bits per heavy atom. The zero-order chi connectivity index (χ0) is 9.90. The summed E-state index contributed by atoms with van der Waals surface area (Å²) in [5, 5.41) is 0. The summed E-state index contributed by atoms with van der Waals surface area (Å²) >= 11 is 0. The van der Waals surface area contributed by atoms with Crippen LogP contribution in [0.25, 0.3) is 0 Å². The molecule has 1 aromatic rings. The maximum absolute atomic E-state index is 11.8. The highest BCUT2D eigenvalue weighted by atomic mass is 16.5. The van der Waals surface area contributed by atoms with E-state index in [0.29, 0.717) is 12.0 Å². The van der Waals surface area contributed by atoms with Gasteiger partial charge in [-0.2, -0.15) is 0 Å². The largest absolute Gasteiger partial charge is 0.472 e. The molecule has 1 rings (SSSR count). The molecule has 0 fully saturated rings. The minimum absolute atomic E-state index is 0.0359. The topological polar surface area (TPSA) is 39.4 Å². The van der Waals surface area contributed by atoms with Crippen molar-refractivity contribution in [1.29, 1.82) is 0 Å². The Morgan fingerprint density at radius 3 is 2.77 bits per heavy atom. The second-order valence-corrected chi connectivity index (χ2v) is 3.13. The summed E-state index contributed by atoms with van der Waals surface area (Å²) in [4.78, 5) is 11.8. The van der Waals surface area contributed by atoms with Crippen molar-refractivity contribution in [2.75, 3.05) is 7.11 Å². The lowest BCUT2D eigenvalue weighted by atomic mass is 9.93. The van der Waals surface area contributed by atoms with Gasteiger partial charge in [0.25, 0.3) is 0 Å². The van der Waals surface area contributed by atoms with Crippen LogP contribution in [0.2, 0.25) is 0 Å². The molecule has 0 saturated carbocycles. The van der Waals surface area contributed by atoms with Gasteiger partial charge in [0.2, 0.25) is 0 Å². The zero-order valence-corrected chi connectivity index (χ0v) is 8.16. The summed E-state index contributed by atoms with van der Waals surface area (Å²) in [5.74, 6) is -0.0359. The van der Waals surface area contributed by atoms with E-state index in [-0.39, 0.29) is 5.78 Å². The number of ether oxygens (including phenoxy) is 1. The van der Waals surface area contributed by atoms with E-state index in [2.05, 4.69) is 0 Å². The van der Waals surface area contributed by atoms with Crippen molar-refractivity contribution < 1.29 is 13.9 Å². The van der Waals surface area contributed by atoms with E-state index in [4.69, 9.17) is 9.15 Å². The summed E-state index contributed by atoms with van der Waals surface area (Å²) in [5.41, 5.74) is -0.171. The minimum Gasteiger partial charge on any atom is -0.472 e. The van der Waals surface area contributed by atoms with Crippen LogP contribution in [0.5, 0.6) is 0 Å². The van der Waals surface area contributed by atoms with E-state index in [1.54, 1.807) is 20.1 Å². The van der Waals surface area contributed by atoms with Crippen molar-refractivity contribution in [3.05, 3.63) is 24.2 Å². The molecule has 0 radical (unpaired) electrons. The molecule has 0 aliphatic carbocycles. The lowest BCUT2D eigenvalue weighted by molar-refractivity contribution is 0.0105. The standard InChI is InChI=1S/C10H14O3/c1-4-10(2,12-3)9(11)8-5-6-13-7-8/h5-7H,4H2,1-3H3. The van der Waals surface area contributed by atoms with E-state index in [0.717, 1.165) is 0 Å². The molecule has 0 N–H and O–H groups in total. The molecule has 0 aliphatic heterocycles. The van der Waals surface area contributed by atoms with Crippen LogP contribution in [0.4, 0.5) is 0 Å². The molecule has 1 unspecified atom stereocenters. The van der Waals surface area contributed by atoms with E-state index in [9.17, 15) is 4.79 Å². The fourth-order valence-corrected chi connectivity index (χ4v) is 1.10. The number of carbonyl (C=O) groups excluding carboxylic acids is 1. The van der Waals surface area contributed by atoms with Crippen molar-refractivity contribution in [3.8, 4) is 0 Å². The van der Waals surface area contributed by atoms with Gasteiger partial charge in [0, 0.05) is 7.11 Å². The van der Waals surface area contributed by atoms with E-state index in [1.807, 2.05) is 6.92 Å². The summed E-state index contributed by atoms with van der Waals surface area (Å²) in [6.45, 7) is 3.70. The van der Waals surface area contributed by atoms with Crippen LogP contribution in [0.1, 0.15) is 30.6 Å². The van der Waals surface area contributed by atoms with Crippen LogP contribution in [0.3, 0.4) is 0 Å². The van der Waals surface area contributed by atoms with Gasteiger partial charge in [-0.1, -0.05) is 6.92 Å². The predicted octanol–water partition coefficient (Wildman–Crippen LogP) is 2.28. The van der Waals surface area contributed by atoms with Crippen molar-refractivity contribution in [2.24, 2.45) is 0 Å². The molecule has 72 valence electrons. The average molecular weight is 182 g/mol. The SMILES string of the molecule is CCC(C)(OC)C(=O)c1ccoc1. The molecule has 3 heteroatoms. The summed E-state index contributed by atoms with van der Waals surface area (Å²) < 4.78 is 10.0. The highest BCUT2D eigenvalue weighted by molar-refractivity contribution is 6.01. The highest BCUT2D eigenvalue weighted by Crippen LogP contribution is 2.20. The number of carbonyl (C=O) groups is 1. The van der Waals surface area contributed by atoms with Crippen molar-refractivity contribution in [3.63, 3.8) is 0 Å². The quantitative estimate of drug-likeness (QED) is 0.670. The summed E-state index contributed by atoms with van der Waals surface area (Å²) in [6.07, 6.45) is 3.57. The van der Waals surface area contributed by atoms with Crippen molar-refractivity contribution in [2.45, 2.75) is 25.9 Å². The molecule has 3 nitrogen and oxygen atoms in total. The summed E-state index contributed by atoms with van der Waals surface area (Å²) in [6, 6.07) is 1.65. The van der Waals surface area contributed by atoms with E-state index in [1.165, 1.54) is 12.5 Å². The fourth-order valence-electron chi connectivity index (χ4n) is 1.10. The fraction of sp³-hybridized carbons (Fsp3) is 0.500. The number of hydrogen-bond donors (Lipinski definition) is 0. The Morgan fingerprint density at radius 2 is 2.38 bits per heavy atom. The minimum atomic E-state index is -0.732. The molecular formula is C10H14O3. The Balaban J connectivity index is 2.89. The van der Waals surface area contributed by atoms with Gasteiger partial charge in [-0.3, -0.25) is 4.79 Å². The number of Topliss-reactive ketones (excluding diaryl/α,β-unsaturated/α-hetero) is 1. The van der Waals surface area contributed by atoms with E-state index < -0.39 is 5.60 Å². The third-order valence-corrected chi connectivity index (χ3v) is 2.39. The van der Waals surface area contributed by atoms with Gasteiger partial charge in [-0.15, -0.1) is 0 Å². The van der Waals surface area contributed by atoms with Crippen LogP contribution < -0.4 is 0 Å². The molecule has 0 amide bonds. The lowest BCUT2D eigenvalue weighted by Crippen LogP contribution is -2.36. The first kappa shape index (κ1) is 9.99. The molecule has 0 aliphatic rings. The number of hydrogen-bond acceptors (Lipinski definition) is 3. The zero-order valence-electron chi connectivity index (χ0n) is 8.16. The first-order valence-electron chi connectivity index (χ1n) is 4.26. The third kappa shape index (κ3) is 1.80. The van der Waals surface area contributed by atoms with Gasteiger partial charge in [0.05, 0.1) is 11.8 Å². The predicted molar refractivity (Wildman–Crippen MR) is 48.7 cm³/mol. The maximum Gasteiger partial charge on any atom is 0.197 e. The van der Waals surface area contributed by atoms with Gasteiger partial charge in [-0.05, 0) is 19.4 Å². The lowest BCUT2D eigenvalue weighted by Gasteiger charge is -2.23. The smallest absolute Gasteiger partial charge is 0.197 e. The molecule has 0 bridgehead atoms. The number of rotatable bonds is 4. The molecule has 1 aromatic heterocycles. The van der Waals surface area contributed by atoms with Crippen LogP contribution in [-0.2, 0) is 4.74 Å². The Bertz CT molecular complexity index is 270. The van der Waals surface area contributed by atoms with E-state index >= 15 is 0 Å². The molecule has 0 saturated heterocycles. The van der Waals surface area contributed by atoms with Crippen LogP contribution >= 0.6 is 0 Å². The van der Waals surface area contributed by atoms with Gasteiger partial charge >= 0.3 is 0 Å². The second-order valence-electron chi connectivity index (χ2n) is 3.13. The summed E-state index contributed by atoms with van der Waals surface area (Å²) in [7, 11) is 1.54. The van der Waals surface area contributed by atoms with Gasteiger partial charge in [-0.25, -0.2) is 0 Å². The highest BCUT2D eigenvalue weighted by Gasteiger charge is 2.32. The average Bonchev–Trinajstić information content (AvgIpc) is 2.68. The second kappa shape index (κ2) is 3.75. The number of ketones is 1. The molecule has 0 spiro atoms. The Kier molecular flexibility index (Phi) is 2.88. The number of methoxy groups -OCH3 is 1. The maximum atomic E-state index is 11.8. The Hall–Kier alpha value is -1.09. The molecule has 1 atom stereocenters. The van der Waals surface area contributed by atoms with Crippen molar-refractivity contribution >= 4 is 5.78 Å². The normalized spacial score (nSPS) is 15.3. The van der Waals surface area contributed by atoms with Crippen LogP contribution in [-0.4, -0.2) is 18.5 Å². The van der Waals surface area contributed by atoms with Gasteiger partial charge < -0.3 is 9.15 Å². The molecule has 13 heavy (non-hydrogen) atoms. The molecule has 1 heterocycles. The number of furan rings is 1. The molecular weight excluding hydrogens is 168 g/mol. The first-order valence-corrected chi connectivity index (χ1v) is 4.26. The third-order valence-electron chi connectivity index (χ3n) is 2.39. The monoisotopic (exact) mass is 182 g/mol. The molecule has 0 aromatic carbocycles. The van der Waals surface area contributed by atoms with Crippen LogP contribution in [0, 0.1) is 0 Å². The van der Waals surface area contributed by atoms with Crippen LogP contribution in [0.15, 0.2) is 23.0 Å². The van der Waals surface area contributed by atoms with Gasteiger partial charge in [0.1, 0.15) is 11.9 Å².